The van der Waals surface area contributed by atoms with Crippen LogP contribution in [0.25, 0.3) is 0 Å². The highest BCUT2D eigenvalue weighted by molar-refractivity contribution is 9.10. The smallest absolute Gasteiger partial charge is 0.160 e. The zero-order valence-electron chi connectivity index (χ0n) is 13.1. The number of unbranched alkanes of at least 4 members (excludes halogenated alkanes) is 1. The van der Waals surface area contributed by atoms with Crippen LogP contribution in [0.4, 0.5) is 5.69 Å². The van der Waals surface area contributed by atoms with Crippen LogP contribution in [-0.2, 0) is 6.42 Å². The molecule has 0 radical (unpaired) electrons. The van der Waals surface area contributed by atoms with Crippen molar-refractivity contribution in [2.24, 2.45) is 0 Å². The van der Waals surface area contributed by atoms with Crippen molar-refractivity contribution in [1.29, 1.82) is 0 Å². The average Bonchev–Trinajstić information content (AvgIpc) is 2.42. The molecule has 0 heterocycles. The van der Waals surface area contributed by atoms with Crippen LogP contribution < -0.4 is 5.32 Å². The number of rotatable bonds is 8. The summed E-state index contributed by atoms with van der Waals surface area (Å²) in [5.41, 5.74) is 2.97. The lowest BCUT2D eigenvalue weighted by atomic mass is 10.0. The SMILES string of the molecule is CCCCC(CC)Nc1cc(Br)c(CC)c(C(C)=O)c1. The van der Waals surface area contributed by atoms with E-state index in [-0.39, 0.29) is 5.78 Å². The van der Waals surface area contributed by atoms with E-state index in [1.54, 1.807) is 6.92 Å². The molecule has 1 aromatic carbocycles. The molecule has 0 saturated carbocycles. The Morgan fingerprint density at radius 1 is 1.30 bits per heavy atom. The van der Waals surface area contributed by atoms with Gasteiger partial charge in [-0.3, -0.25) is 4.79 Å². The molecule has 1 atom stereocenters. The molecule has 1 unspecified atom stereocenters. The van der Waals surface area contributed by atoms with Gasteiger partial charge in [-0.25, -0.2) is 0 Å². The molecule has 0 spiro atoms. The third-order valence-corrected chi connectivity index (χ3v) is 4.41. The van der Waals surface area contributed by atoms with Crippen LogP contribution in [-0.4, -0.2) is 11.8 Å². The molecule has 1 aromatic rings. The van der Waals surface area contributed by atoms with Crippen LogP contribution >= 0.6 is 15.9 Å². The molecule has 0 aromatic heterocycles. The minimum Gasteiger partial charge on any atom is -0.382 e. The van der Waals surface area contributed by atoms with Crippen LogP contribution in [0, 0.1) is 0 Å². The molecule has 0 fully saturated rings. The van der Waals surface area contributed by atoms with Gasteiger partial charge in [0.15, 0.2) is 5.78 Å². The van der Waals surface area contributed by atoms with Crippen molar-refractivity contribution in [2.75, 3.05) is 5.32 Å². The molecule has 1 N–H and O–H groups in total. The Hall–Kier alpha value is -0.830. The van der Waals surface area contributed by atoms with Gasteiger partial charge in [0.25, 0.3) is 0 Å². The number of anilines is 1. The lowest BCUT2D eigenvalue weighted by Crippen LogP contribution is -2.18. The first-order valence-electron chi connectivity index (χ1n) is 7.63. The van der Waals surface area contributed by atoms with Crippen LogP contribution in [0.3, 0.4) is 0 Å². The molecule has 0 aliphatic rings. The largest absolute Gasteiger partial charge is 0.382 e. The molecule has 2 nitrogen and oxygen atoms in total. The molecular formula is C17H26BrNO. The van der Waals surface area contributed by atoms with Gasteiger partial charge in [0, 0.05) is 21.8 Å². The van der Waals surface area contributed by atoms with E-state index in [1.807, 2.05) is 6.07 Å². The van der Waals surface area contributed by atoms with Crippen LogP contribution in [0.1, 0.15) is 69.3 Å². The molecule has 0 amide bonds. The summed E-state index contributed by atoms with van der Waals surface area (Å²) in [6.07, 6.45) is 5.59. The second-order valence-electron chi connectivity index (χ2n) is 5.29. The van der Waals surface area contributed by atoms with E-state index in [4.69, 9.17) is 0 Å². The van der Waals surface area contributed by atoms with E-state index in [0.29, 0.717) is 6.04 Å². The molecule has 0 bridgehead atoms. The highest BCUT2D eigenvalue weighted by Crippen LogP contribution is 2.28. The second-order valence-corrected chi connectivity index (χ2v) is 6.14. The van der Waals surface area contributed by atoms with Crippen molar-refractivity contribution in [3.8, 4) is 0 Å². The van der Waals surface area contributed by atoms with Crippen molar-refractivity contribution >= 4 is 27.4 Å². The first-order chi connectivity index (χ1) is 9.53. The third kappa shape index (κ3) is 4.62. The number of carbonyl (C=O) groups excluding carboxylic acids is 1. The van der Waals surface area contributed by atoms with E-state index in [9.17, 15) is 4.79 Å². The first kappa shape index (κ1) is 17.2. The number of nitrogens with one attached hydrogen (secondary N) is 1. The summed E-state index contributed by atoms with van der Waals surface area (Å²) in [5.74, 6) is 0.132. The molecule has 112 valence electrons. The summed E-state index contributed by atoms with van der Waals surface area (Å²) in [6.45, 7) is 8.14. The average molecular weight is 340 g/mol. The number of carbonyl (C=O) groups is 1. The number of hydrogen-bond donors (Lipinski definition) is 1. The normalized spacial score (nSPS) is 12.2. The topological polar surface area (TPSA) is 29.1 Å². The summed E-state index contributed by atoms with van der Waals surface area (Å²) >= 11 is 3.60. The lowest BCUT2D eigenvalue weighted by Gasteiger charge is -2.20. The summed E-state index contributed by atoms with van der Waals surface area (Å²) in [6, 6.07) is 4.58. The summed E-state index contributed by atoms with van der Waals surface area (Å²) in [7, 11) is 0. The molecule has 0 saturated heterocycles. The quantitative estimate of drug-likeness (QED) is 0.625. The molecular weight excluding hydrogens is 314 g/mol. The fourth-order valence-electron chi connectivity index (χ4n) is 2.46. The highest BCUT2D eigenvalue weighted by atomic mass is 79.9. The van der Waals surface area contributed by atoms with Crippen molar-refractivity contribution in [3.63, 3.8) is 0 Å². The van der Waals surface area contributed by atoms with Gasteiger partial charge in [0.1, 0.15) is 0 Å². The number of Topliss-reactive ketones (excluding diaryl/α,β-unsaturated/α-hetero) is 1. The van der Waals surface area contributed by atoms with Crippen LogP contribution in [0.5, 0.6) is 0 Å². The predicted molar refractivity (Wildman–Crippen MR) is 90.8 cm³/mol. The van der Waals surface area contributed by atoms with Gasteiger partial charge in [0.2, 0.25) is 0 Å². The maximum absolute atomic E-state index is 11.8. The third-order valence-electron chi connectivity index (χ3n) is 3.70. The Morgan fingerprint density at radius 3 is 2.50 bits per heavy atom. The van der Waals surface area contributed by atoms with Gasteiger partial charge >= 0.3 is 0 Å². The van der Waals surface area contributed by atoms with Crippen LogP contribution in [0.2, 0.25) is 0 Å². The van der Waals surface area contributed by atoms with E-state index in [2.05, 4.69) is 48.1 Å². The lowest BCUT2D eigenvalue weighted by molar-refractivity contribution is 0.101. The fraction of sp³-hybridized carbons (Fsp3) is 0.588. The Bertz CT molecular complexity index is 457. The van der Waals surface area contributed by atoms with Gasteiger partial charge in [0.05, 0.1) is 0 Å². The standard InChI is InChI=1S/C17H26BrNO/c1-5-8-9-13(6-2)19-14-10-16(12(4)20)15(7-3)17(18)11-14/h10-11,13,19H,5-9H2,1-4H3. The van der Waals surface area contributed by atoms with Gasteiger partial charge in [-0.1, -0.05) is 49.5 Å². The maximum Gasteiger partial charge on any atom is 0.160 e. The van der Waals surface area contributed by atoms with E-state index in [1.165, 1.54) is 19.3 Å². The number of halogens is 1. The summed E-state index contributed by atoms with van der Waals surface area (Å²) < 4.78 is 1.03. The summed E-state index contributed by atoms with van der Waals surface area (Å²) in [4.78, 5) is 11.8. The van der Waals surface area contributed by atoms with E-state index in [0.717, 1.165) is 34.1 Å². The first-order valence-corrected chi connectivity index (χ1v) is 8.42. The van der Waals surface area contributed by atoms with Crippen molar-refractivity contribution < 1.29 is 4.79 Å². The minimum atomic E-state index is 0.132. The number of hydrogen-bond acceptors (Lipinski definition) is 2. The van der Waals surface area contributed by atoms with Crippen molar-refractivity contribution in [1.82, 2.24) is 0 Å². The van der Waals surface area contributed by atoms with Crippen molar-refractivity contribution in [3.05, 3.63) is 27.7 Å². The Kier molecular flexibility index (Phi) is 7.28. The highest BCUT2D eigenvalue weighted by Gasteiger charge is 2.13. The van der Waals surface area contributed by atoms with E-state index < -0.39 is 0 Å². The molecule has 20 heavy (non-hydrogen) atoms. The minimum absolute atomic E-state index is 0.132. The zero-order valence-corrected chi connectivity index (χ0v) is 14.6. The molecule has 3 heteroatoms. The monoisotopic (exact) mass is 339 g/mol. The molecule has 1 rings (SSSR count). The zero-order chi connectivity index (χ0) is 15.1. The Morgan fingerprint density at radius 2 is 2.00 bits per heavy atom. The van der Waals surface area contributed by atoms with E-state index >= 15 is 0 Å². The molecule has 0 aliphatic heterocycles. The summed E-state index contributed by atoms with van der Waals surface area (Å²) in [5, 5.41) is 3.57. The Balaban J connectivity index is 2.98. The van der Waals surface area contributed by atoms with Crippen molar-refractivity contribution in [2.45, 2.75) is 65.8 Å². The van der Waals surface area contributed by atoms with Crippen LogP contribution in [0.15, 0.2) is 16.6 Å². The predicted octanol–water partition coefficient (Wildman–Crippen LogP) is 5.59. The van der Waals surface area contributed by atoms with Gasteiger partial charge in [-0.15, -0.1) is 0 Å². The second kappa shape index (κ2) is 8.46. The number of ketones is 1. The van der Waals surface area contributed by atoms with Gasteiger partial charge in [-0.05, 0) is 43.9 Å². The Labute approximate surface area is 131 Å². The van der Waals surface area contributed by atoms with Gasteiger partial charge in [-0.2, -0.15) is 0 Å². The fourth-order valence-corrected chi connectivity index (χ4v) is 3.20. The maximum atomic E-state index is 11.8. The molecule has 0 aliphatic carbocycles. The number of benzene rings is 1. The van der Waals surface area contributed by atoms with Gasteiger partial charge < -0.3 is 5.32 Å².